The smallest absolute Gasteiger partial charge is 0.345 e. The zero-order chi connectivity index (χ0) is 12.3. The van der Waals surface area contributed by atoms with Crippen molar-refractivity contribution in [3.05, 3.63) is 52.0 Å². The van der Waals surface area contributed by atoms with Gasteiger partial charge < -0.3 is 9.84 Å². The number of carboxylic acids is 1. The van der Waals surface area contributed by atoms with Gasteiger partial charge in [0.05, 0.1) is 0 Å². The second kappa shape index (κ2) is 4.97. The summed E-state index contributed by atoms with van der Waals surface area (Å²) in [7, 11) is 0. The van der Waals surface area contributed by atoms with Gasteiger partial charge in [0, 0.05) is 10.9 Å². The Hall–Kier alpha value is -1.88. The van der Waals surface area contributed by atoms with Gasteiger partial charge in [-0.1, -0.05) is 6.07 Å². The molecule has 1 aromatic carbocycles. The predicted molar refractivity (Wildman–Crippen MR) is 62.0 cm³/mol. The summed E-state index contributed by atoms with van der Waals surface area (Å²) in [4.78, 5) is 11.7. The number of benzene rings is 1. The quantitative estimate of drug-likeness (QED) is 0.909. The van der Waals surface area contributed by atoms with E-state index in [0.29, 0.717) is 5.75 Å². The second-order valence-corrected chi connectivity index (χ2v) is 4.49. The molecule has 1 N–H and O–H groups in total. The summed E-state index contributed by atoms with van der Waals surface area (Å²) in [5.41, 5.74) is 0. The van der Waals surface area contributed by atoms with Crippen LogP contribution in [0.5, 0.6) is 5.75 Å². The Labute approximate surface area is 101 Å². The van der Waals surface area contributed by atoms with Gasteiger partial charge in [0.15, 0.2) is 0 Å². The minimum atomic E-state index is -0.952. The van der Waals surface area contributed by atoms with Gasteiger partial charge >= 0.3 is 5.97 Å². The first-order valence-corrected chi connectivity index (χ1v) is 5.67. The van der Waals surface area contributed by atoms with Crippen molar-refractivity contribution in [3.8, 4) is 5.75 Å². The number of carboxylic acid groups (broad SMARTS) is 1. The molecule has 0 aliphatic carbocycles. The minimum absolute atomic E-state index is 0.238. The molecule has 0 spiro atoms. The van der Waals surface area contributed by atoms with Crippen LogP contribution in [0.3, 0.4) is 0 Å². The van der Waals surface area contributed by atoms with E-state index in [9.17, 15) is 9.18 Å². The Bertz CT molecular complexity index is 536. The first-order chi connectivity index (χ1) is 8.15. The fourth-order valence-electron chi connectivity index (χ4n) is 1.28. The molecule has 3 nitrogen and oxygen atoms in total. The van der Waals surface area contributed by atoms with Crippen molar-refractivity contribution in [1.82, 2.24) is 0 Å². The van der Waals surface area contributed by atoms with E-state index in [-0.39, 0.29) is 17.3 Å². The van der Waals surface area contributed by atoms with Gasteiger partial charge in [-0.3, -0.25) is 0 Å². The minimum Gasteiger partial charge on any atom is -0.488 e. The Morgan fingerprint density at radius 3 is 2.82 bits per heavy atom. The van der Waals surface area contributed by atoms with Crippen LogP contribution in [-0.2, 0) is 6.61 Å². The first-order valence-electron chi connectivity index (χ1n) is 4.85. The Morgan fingerprint density at radius 1 is 1.35 bits per heavy atom. The molecule has 2 rings (SSSR count). The van der Waals surface area contributed by atoms with E-state index in [1.807, 2.05) is 0 Å². The fourth-order valence-corrected chi connectivity index (χ4v) is 2.04. The van der Waals surface area contributed by atoms with Crippen molar-refractivity contribution in [1.29, 1.82) is 0 Å². The van der Waals surface area contributed by atoms with E-state index < -0.39 is 5.97 Å². The molecule has 0 fully saturated rings. The third kappa shape index (κ3) is 3.04. The number of thiophene rings is 1. The number of halogens is 1. The Morgan fingerprint density at radius 2 is 2.18 bits per heavy atom. The van der Waals surface area contributed by atoms with Crippen LogP contribution in [0.1, 0.15) is 14.5 Å². The fraction of sp³-hybridized carbons (Fsp3) is 0.0833. The van der Waals surface area contributed by atoms with Gasteiger partial charge in [0.1, 0.15) is 23.1 Å². The third-order valence-corrected chi connectivity index (χ3v) is 3.10. The summed E-state index contributed by atoms with van der Waals surface area (Å²) in [6, 6.07) is 9.04. The van der Waals surface area contributed by atoms with Gasteiger partial charge in [-0.25, -0.2) is 9.18 Å². The van der Waals surface area contributed by atoms with Crippen LogP contribution in [0.25, 0.3) is 0 Å². The molecule has 0 saturated heterocycles. The molecule has 1 heterocycles. The second-order valence-electron chi connectivity index (χ2n) is 3.32. The van der Waals surface area contributed by atoms with Crippen molar-refractivity contribution in [2.45, 2.75) is 6.61 Å². The molecule has 0 aliphatic heterocycles. The number of hydrogen-bond acceptors (Lipinski definition) is 3. The van der Waals surface area contributed by atoms with Crippen LogP contribution >= 0.6 is 11.3 Å². The molecule has 88 valence electrons. The molecule has 0 radical (unpaired) electrons. The first kappa shape index (κ1) is 11.6. The molecule has 0 aliphatic rings. The normalized spacial score (nSPS) is 10.2. The van der Waals surface area contributed by atoms with Crippen molar-refractivity contribution >= 4 is 17.3 Å². The number of carbonyl (C=O) groups is 1. The van der Waals surface area contributed by atoms with Crippen LogP contribution in [-0.4, -0.2) is 11.1 Å². The van der Waals surface area contributed by atoms with Crippen LogP contribution in [0.15, 0.2) is 36.4 Å². The summed E-state index contributed by atoms with van der Waals surface area (Å²) in [5.74, 6) is -0.887. The topological polar surface area (TPSA) is 46.5 Å². The molecular weight excluding hydrogens is 243 g/mol. The maximum atomic E-state index is 12.8. The zero-order valence-corrected chi connectivity index (χ0v) is 9.54. The number of rotatable bonds is 4. The molecular formula is C12H9FO3S. The number of hydrogen-bond donors (Lipinski definition) is 1. The standard InChI is InChI=1S/C12H9FO3S/c13-8-2-1-3-9(6-8)16-7-10-4-5-11(17-10)12(14)15/h1-6H,7H2,(H,14,15). The molecule has 0 amide bonds. The predicted octanol–water partition coefficient (Wildman–Crippen LogP) is 3.16. The average Bonchev–Trinajstić information content (AvgIpc) is 2.75. The van der Waals surface area contributed by atoms with Gasteiger partial charge in [-0.05, 0) is 24.3 Å². The summed E-state index contributed by atoms with van der Waals surface area (Å²) in [6.45, 7) is 0.238. The lowest BCUT2D eigenvalue weighted by molar-refractivity contribution is 0.0702. The molecule has 0 atom stereocenters. The molecule has 2 aromatic rings. The maximum absolute atomic E-state index is 12.8. The van der Waals surface area contributed by atoms with E-state index in [0.717, 1.165) is 16.2 Å². The third-order valence-electron chi connectivity index (χ3n) is 2.05. The Kier molecular flexibility index (Phi) is 3.39. The van der Waals surface area contributed by atoms with Gasteiger partial charge in [0.25, 0.3) is 0 Å². The molecule has 17 heavy (non-hydrogen) atoms. The highest BCUT2D eigenvalue weighted by molar-refractivity contribution is 7.13. The maximum Gasteiger partial charge on any atom is 0.345 e. The van der Waals surface area contributed by atoms with E-state index in [4.69, 9.17) is 9.84 Å². The zero-order valence-electron chi connectivity index (χ0n) is 8.72. The molecule has 0 unspecified atom stereocenters. The molecule has 1 aromatic heterocycles. The van der Waals surface area contributed by atoms with E-state index in [1.54, 1.807) is 18.2 Å². The van der Waals surface area contributed by atoms with Crippen LogP contribution in [0.2, 0.25) is 0 Å². The SMILES string of the molecule is O=C(O)c1ccc(COc2cccc(F)c2)s1. The summed E-state index contributed by atoms with van der Waals surface area (Å²) < 4.78 is 18.2. The largest absolute Gasteiger partial charge is 0.488 e. The van der Waals surface area contributed by atoms with Crippen molar-refractivity contribution < 1.29 is 19.0 Å². The molecule has 0 bridgehead atoms. The van der Waals surface area contributed by atoms with Gasteiger partial charge in [-0.15, -0.1) is 11.3 Å². The van der Waals surface area contributed by atoms with Crippen molar-refractivity contribution in [3.63, 3.8) is 0 Å². The van der Waals surface area contributed by atoms with Crippen LogP contribution in [0.4, 0.5) is 4.39 Å². The summed E-state index contributed by atoms with van der Waals surface area (Å²) in [5, 5.41) is 8.74. The van der Waals surface area contributed by atoms with Gasteiger partial charge in [-0.2, -0.15) is 0 Å². The number of aromatic carboxylic acids is 1. The average molecular weight is 252 g/mol. The lowest BCUT2D eigenvalue weighted by atomic mass is 10.3. The highest BCUT2D eigenvalue weighted by Crippen LogP contribution is 2.19. The van der Waals surface area contributed by atoms with Crippen LogP contribution in [0, 0.1) is 5.82 Å². The summed E-state index contributed by atoms with van der Waals surface area (Å²) in [6.07, 6.45) is 0. The Balaban J connectivity index is 2.00. The molecule has 5 heteroatoms. The highest BCUT2D eigenvalue weighted by Gasteiger charge is 2.07. The van der Waals surface area contributed by atoms with Crippen molar-refractivity contribution in [2.24, 2.45) is 0 Å². The van der Waals surface area contributed by atoms with Crippen molar-refractivity contribution in [2.75, 3.05) is 0 Å². The van der Waals surface area contributed by atoms with Crippen LogP contribution < -0.4 is 4.74 Å². The molecule has 0 saturated carbocycles. The lowest BCUT2D eigenvalue weighted by Gasteiger charge is -2.03. The van der Waals surface area contributed by atoms with E-state index >= 15 is 0 Å². The summed E-state index contributed by atoms with van der Waals surface area (Å²) >= 11 is 1.15. The van der Waals surface area contributed by atoms with E-state index in [2.05, 4.69) is 0 Å². The monoisotopic (exact) mass is 252 g/mol. The van der Waals surface area contributed by atoms with E-state index in [1.165, 1.54) is 18.2 Å². The number of ether oxygens (including phenoxy) is 1. The lowest BCUT2D eigenvalue weighted by Crippen LogP contribution is -1.93. The van der Waals surface area contributed by atoms with Gasteiger partial charge in [0.2, 0.25) is 0 Å². The highest BCUT2D eigenvalue weighted by atomic mass is 32.1.